The highest BCUT2D eigenvalue weighted by Gasteiger charge is 1.93. The zero-order valence-corrected chi connectivity index (χ0v) is 4.76. The first-order valence-corrected chi connectivity index (χ1v) is 2.55. The molecule has 2 heteroatoms. The monoisotopic (exact) mass is 122 g/mol. The van der Waals surface area contributed by atoms with Crippen molar-refractivity contribution in [3.8, 4) is 5.75 Å². The molecular formula is C7H6O2. The summed E-state index contributed by atoms with van der Waals surface area (Å²) in [6.07, 6.45) is 0. The van der Waals surface area contributed by atoms with Gasteiger partial charge >= 0.3 is 0 Å². The van der Waals surface area contributed by atoms with Gasteiger partial charge in [0.15, 0.2) is 0 Å². The van der Waals surface area contributed by atoms with Crippen LogP contribution in [0.25, 0.3) is 0 Å². The van der Waals surface area contributed by atoms with Gasteiger partial charge < -0.3 is 10.2 Å². The second-order valence-corrected chi connectivity index (χ2v) is 1.62. The molecule has 0 saturated heterocycles. The van der Waals surface area contributed by atoms with Gasteiger partial charge in [-0.2, -0.15) is 0 Å². The van der Waals surface area contributed by atoms with Gasteiger partial charge in [-0.3, -0.25) is 0 Å². The molecule has 0 radical (unpaired) electrons. The molecule has 2 nitrogen and oxygen atoms in total. The second kappa shape index (κ2) is 2.38. The molecule has 0 heterocycles. The third kappa shape index (κ3) is 1.13. The first-order valence-electron chi connectivity index (χ1n) is 2.55. The van der Waals surface area contributed by atoms with E-state index in [1.165, 1.54) is 12.1 Å². The lowest BCUT2D eigenvalue weighted by Gasteiger charge is -1.91. The summed E-state index contributed by atoms with van der Waals surface area (Å²) >= 11 is 0. The van der Waals surface area contributed by atoms with Crippen LogP contribution >= 0.6 is 0 Å². The molecule has 0 aromatic heterocycles. The maximum absolute atomic E-state index is 8.90. The van der Waals surface area contributed by atoms with Crippen molar-refractivity contribution >= 4 is 0 Å². The van der Waals surface area contributed by atoms with E-state index in [1.54, 1.807) is 0 Å². The molecule has 0 fully saturated rings. The highest BCUT2D eigenvalue weighted by Crippen LogP contribution is 2.10. The van der Waals surface area contributed by atoms with Crippen molar-refractivity contribution in [2.24, 2.45) is 0 Å². The van der Waals surface area contributed by atoms with Crippen LogP contribution in [0.2, 0.25) is 0 Å². The fourth-order valence-electron chi connectivity index (χ4n) is 0.535. The Morgan fingerprint density at radius 2 is 2.33 bits per heavy atom. The summed E-state index contributed by atoms with van der Waals surface area (Å²) in [5.41, 5.74) is 0.387. The van der Waals surface area contributed by atoms with E-state index in [1.807, 2.05) is 0 Å². The molecule has 0 amide bonds. The smallest absolute Gasteiger partial charge is 0.130 e. The molecule has 9 heavy (non-hydrogen) atoms. The average molecular weight is 122 g/mol. The number of aromatic hydroxyl groups is 1. The first-order chi connectivity index (χ1) is 4.34. The first kappa shape index (κ1) is 5.93. The summed E-state index contributed by atoms with van der Waals surface area (Å²) in [4.78, 5) is 0. The summed E-state index contributed by atoms with van der Waals surface area (Å²) in [5.74, 6) is 0.0660. The molecule has 2 N–H and O–H groups in total. The maximum Gasteiger partial charge on any atom is 0.130 e. The molecule has 1 rings (SSSR count). The van der Waals surface area contributed by atoms with Crippen molar-refractivity contribution in [2.75, 3.05) is 0 Å². The molecule has 1 aromatic carbocycles. The third-order valence-corrected chi connectivity index (χ3v) is 1.01. The van der Waals surface area contributed by atoms with E-state index < -0.39 is 0 Å². The summed E-state index contributed by atoms with van der Waals surface area (Å²) in [6.45, 7) is -0.191. The summed E-state index contributed by atoms with van der Waals surface area (Å²) in [6, 6.07) is 8.17. The Bertz CT molecular complexity index is 196. The molecule has 0 aliphatic rings. The van der Waals surface area contributed by atoms with E-state index in [2.05, 4.69) is 12.1 Å². The predicted molar refractivity (Wildman–Crippen MR) is 31.7 cm³/mol. The quantitative estimate of drug-likeness (QED) is 0.569. The Morgan fingerprint density at radius 1 is 1.56 bits per heavy atom. The SMILES string of the molecule is OCc1c#cccc1O. The van der Waals surface area contributed by atoms with Crippen LogP contribution in [0.15, 0.2) is 12.1 Å². The van der Waals surface area contributed by atoms with Gasteiger partial charge in [-0.1, -0.05) is 12.1 Å². The van der Waals surface area contributed by atoms with Gasteiger partial charge in [-0.15, -0.1) is 0 Å². The number of hydrogen-bond acceptors (Lipinski definition) is 2. The van der Waals surface area contributed by atoms with Gasteiger partial charge in [0.2, 0.25) is 0 Å². The Hall–Kier alpha value is -1.20. The molecule has 0 bridgehead atoms. The van der Waals surface area contributed by atoms with Crippen molar-refractivity contribution in [1.29, 1.82) is 0 Å². The van der Waals surface area contributed by atoms with E-state index >= 15 is 0 Å². The van der Waals surface area contributed by atoms with Crippen molar-refractivity contribution in [3.63, 3.8) is 0 Å². The minimum absolute atomic E-state index is 0.0660. The van der Waals surface area contributed by atoms with Gasteiger partial charge in [0.25, 0.3) is 0 Å². The second-order valence-electron chi connectivity index (χ2n) is 1.62. The third-order valence-electron chi connectivity index (χ3n) is 1.01. The van der Waals surface area contributed by atoms with Crippen LogP contribution in [0.4, 0.5) is 0 Å². The molecule has 0 unspecified atom stereocenters. The van der Waals surface area contributed by atoms with Crippen LogP contribution in [0, 0.1) is 12.1 Å². The van der Waals surface area contributed by atoms with E-state index in [9.17, 15) is 0 Å². The minimum Gasteiger partial charge on any atom is -0.507 e. The lowest BCUT2D eigenvalue weighted by atomic mass is 10.2. The summed E-state index contributed by atoms with van der Waals surface area (Å²) in [5, 5.41) is 17.4. The lowest BCUT2D eigenvalue weighted by Crippen LogP contribution is -1.79. The van der Waals surface area contributed by atoms with Gasteiger partial charge in [0.1, 0.15) is 5.75 Å². The Balaban J connectivity index is 3.01. The van der Waals surface area contributed by atoms with Gasteiger partial charge in [0.05, 0.1) is 12.2 Å². The highest BCUT2D eigenvalue weighted by molar-refractivity contribution is 5.26. The van der Waals surface area contributed by atoms with Crippen LogP contribution in [0.3, 0.4) is 0 Å². The minimum atomic E-state index is -0.191. The Labute approximate surface area is 53.4 Å². The summed E-state index contributed by atoms with van der Waals surface area (Å²) in [7, 11) is 0. The molecular weight excluding hydrogens is 116 g/mol. The standard InChI is InChI=1S/C7H6O2/c8-5-6-3-1-2-4-7(6)9/h2,4,8-9H,5H2. The van der Waals surface area contributed by atoms with E-state index in [0.717, 1.165) is 0 Å². The number of aliphatic hydroxyl groups excluding tert-OH is 1. The zero-order valence-electron chi connectivity index (χ0n) is 4.76. The molecule has 46 valence electrons. The average Bonchev–Trinajstić information content (AvgIpc) is 1.89. The van der Waals surface area contributed by atoms with Crippen LogP contribution in [-0.4, -0.2) is 10.2 Å². The van der Waals surface area contributed by atoms with Crippen molar-refractivity contribution in [1.82, 2.24) is 0 Å². The van der Waals surface area contributed by atoms with E-state index in [0.29, 0.717) is 5.56 Å². The largest absolute Gasteiger partial charge is 0.507 e. The number of aliphatic hydroxyl groups is 1. The lowest BCUT2D eigenvalue weighted by molar-refractivity contribution is 0.275. The van der Waals surface area contributed by atoms with E-state index in [4.69, 9.17) is 10.2 Å². The van der Waals surface area contributed by atoms with Crippen molar-refractivity contribution in [2.45, 2.75) is 6.61 Å². The molecule has 1 aromatic rings. The fourth-order valence-corrected chi connectivity index (χ4v) is 0.535. The zero-order chi connectivity index (χ0) is 6.69. The van der Waals surface area contributed by atoms with Crippen LogP contribution in [0.1, 0.15) is 5.56 Å². The maximum atomic E-state index is 8.90. The van der Waals surface area contributed by atoms with Gasteiger partial charge in [-0.05, 0) is 12.1 Å². The van der Waals surface area contributed by atoms with Gasteiger partial charge in [0, 0.05) is 0 Å². The van der Waals surface area contributed by atoms with Crippen LogP contribution < -0.4 is 0 Å². The van der Waals surface area contributed by atoms with Gasteiger partial charge in [-0.25, -0.2) is 0 Å². The molecule has 0 aliphatic heterocycles. The molecule has 0 spiro atoms. The van der Waals surface area contributed by atoms with E-state index in [-0.39, 0.29) is 12.4 Å². The fraction of sp³-hybridized carbons (Fsp3) is 0.143. The van der Waals surface area contributed by atoms with Crippen LogP contribution in [-0.2, 0) is 6.61 Å². The van der Waals surface area contributed by atoms with Crippen molar-refractivity contribution < 1.29 is 10.2 Å². The normalized spacial score (nSPS) is 8.56. The number of rotatable bonds is 1. The number of hydrogen-bond donors (Lipinski definition) is 2. The summed E-state index contributed by atoms with van der Waals surface area (Å²) < 4.78 is 0. The Morgan fingerprint density at radius 3 is 2.78 bits per heavy atom. The molecule has 0 atom stereocenters. The molecule has 0 saturated carbocycles. The highest BCUT2D eigenvalue weighted by atomic mass is 16.3. The topological polar surface area (TPSA) is 40.5 Å². The Kier molecular flexibility index (Phi) is 1.57. The van der Waals surface area contributed by atoms with Crippen molar-refractivity contribution in [3.05, 3.63) is 29.8 Å². The molecule has 0 aliphatic carbocycles. The predicted octanol–water partition coefficient (Wildman–Crippen LogP) is 0.485. The van der Waals surface area contributed by atoms with Crippen LogP contribution in [0.5, 0.6) is 5.75 Å².